The molecule has 5 nitrogen and oxygen atoms in total. The van der Waals surface area contributed by atoms with E-state index in [2.05, 4.69) is 37.7 Å². The monoisotopic (exact) mass is 325 g/mol. The van der Waals surface area contributed by atoms with Gasteiger partial charge in [0.15, 0.2) is 0 Å². The lowest BCUT2D eigenvalue weighted by Gasteiger charge is -2.27. The molecule has 1 saturated heterocycles. The number of allylic oxidation sites excluding steroid dienone is 1. The van der Waals surface area contributed by atoms with Crippen molar-refractivity contribution in [1.82, 2.24) is 14.9 Å². The molecular weight excluding hydrogens is 302 g/mol. The molecule has 1 fully saturated rings. The summed E-state index contributed by atoms with van der Waals surface area (Å²) in [6, 6.07) is 5.21. The Morgan fingerprint density at radius 1 is 1.29 bits per heavy atom. The summed E-state index contributed by atoms with van der Waals surface area (Å²) in [5, 5.41) is 3.36. The molecule has 1 atom stereocenters. The van der Waals surface area contributed by atoms with E-state index in [-0.39, 0.29) is 16.9 Å². The molecule has 0 radical (unpaired) electrons. The van der Waals surface area contributed by atoms with E-state index >= 15 is 0 Å². The smallest absolute Gasteiger partial charge is 0.262 e. The fourth-order valence-electron chi connectivity index (χ4n) is 3.35. The topological polar surface area (TPSA) is 64.0 Å². The number of aryl methyl sites for hydroxylation is 1. The summed E-state index contributed by atoms with van der Waals surface area (Å²) in [4.78, 5) is 30.2. The van der Waals surface area contributed by atoms with Gasteiger partial charge in [0, 0.05) is 5.70 Å². The lowest BCUT2D eigenvalue weighted by molar-refractivity contribution is -0.124. The zero-order valence-electron chi connectivity index (χ0n) is 14.6. The third-order valence-corrected chi connectivity index (χ3v) is 4.55. The molecule has 1 N–H and O–H groups in total. The van der Waals surface area contributed by atoms with Crippen molar-refractivity contribution in [1.29, 1.82) is 0 Å². The number of nitrogens with one attached hydrogen (secondary N) is 1. The van der Waals surface area contributed by atoms with Gasteiger partial charge in [-0.15, -0.1) is 0 Å². The molecular formula is C19H23N3O2. The summed E-state index contributed by atoms with van der Waals surface area (Å²) in [6.45, 7) is 11.8. The molecule has 1 aliphatic rings. The Balaban J connectivity index is 2.29. The number of carbonyl (C=O) groups excluding carboxylic acids is 1. The van der Waals surface area contributed by atoms with Gasteiger partial charge < -0.3 is 5.32 Å². The Morgan fingerprint density at radius 3 is 2.62 bits per heavy atom. The number of piperidine rings is 1. The van der Waals surface area contributed by atoms with E-state index in [0.29, 0.717) is 35.3 Å². The van der Waals surface area contributed by atoms with E-state index in [4.69, 9.17) is 0 Å². The number of carbonyl (C=O) groups is 1. The van der Waals surface area contributed by atoms with Gasteiger partial charge in [-0.3, -0.25) is 14.2 Å². The van der Waals surface area contributed by atoms with Crippen LogP contribution in [-0.2, 0) is 10.2 Å². The van der Waals surface area contributed by atoms with Gasteiger partial charge in [0.25, 0.3) is 5.56 Å². The standard InChI is InChI=1S/C19H23N3O2/c1-11-9-10-15(17(23)20-11)22-12(2)21-14-8-6-7-13(19(3,4)5)16(14)18(22)24/h6-8,15H,1,9-10H2,2-5H3,(H,20,23)/t15-/m1/s1. The van der Waals surface area contributed by atoms with Crippen molar-refractivity contribution in [3.8, 4) is 0 Å². The van der Waals surface area contributed by atoms with Gasteiger partial charge in [0.2, 0.25) is 5.91 Å². The van der Waals surface area contributed by atoms with E-state index in [1.165, 1.54) is 0 Å². The van der Waals surface area contributed by atoms with Crippen molar-refractivity contribution >= 4 is 16.8 Å². The van der Waals surface area contributed by atoms with Crippen molar-refractivity contribution in [2.75, 3.05) is 0 Å². The largest absolute Gasteiger partial charge is 0.329 e. The third-order valence-electron chi connectivity index (χ3n) is 4.55. The second-order valence-electron chi connectivity index (χ2n) is 7.43. The van der Waals surface area contributed by atoms with Crippen molar-refractivity contribution in [3.05, 3.63) is 52.2 Å². The van der Waals surface area contributed by atoms with Crippen LogP contribution in [0.1, 0.15) is 51.0 Å². The van der Waals surface area contributed by atoms with Gasteiger partial charge in [0.1, 0.15) is 11.9 Å². The van der Waals surface area contributed by atoms with Gasteiger partial charge in [0.05, 0.1) is 10.9 Å². The number of fused-ring (bicyclic) bond motifs is 1. The van der Waals surface area contributed by atoms with Crippen LogP contribution in [0.3, 0.4) is 0 Å². The Bertz CT molecular complexity index is 903. The van der Waals surface area contributed by atoms with Crippen LogP contribution in [0.2, 0.25) is 0 Å². The predicted octanol–water partition coefficient (Wildman–Crippen LogP) is 2.97. The number of hydrogen-bond donors (Lipinski definition) is 1. The maximum absolute atomic E-state index is 13.3. The number of nitrogens with zero attached hydrogens (tertiary/aromatic N) is 2. The first kappa shape index (κ1) is 16.4. The molecule has 0 unspecified atom stereocenters. The molecule has 5 heteroatoms. The van der Waals surface area contributed by atoms with Crippen LogP contribution in [0.15, 0.2) is 35.3 Å². The molecule has 1 amide bonds. The minimum absolute atomic E-state index is 0.143. The van der Waals surface area contributed by atoms with Crippen LogP contribution in [0.4, 0.5) is 0 Å². The van der Waals surface area contributed by atoms with Crippen LogP contribution in [-0.4, -0.2) is 15.5 Å². The molecule has 0 saturated carbocycles. The second-order valence-corrected chi connectivity index (χ2v) is 7.43. The van der Waals surface area contributed by atoms with Crippen LogP contribution in [0, 0.1) is 6.92 Å². The maximum Gasteiger partial charge on any atom is 0.262 e. The van der Waals surface area contributed by atoms with Gasteiger partial charge in [-0.05, 0) is 36.8 Å². The minimum Gasteiger partial charge on any atom is -0.329 e. The second kappa shape index (κ2) is 5.58. The average molecular weight is 325 g/mol. The zero-order valence-corrected chi connectivity index (χ0v) is 14.6. The van der Waals surface area contributed by atoms with Gasteiger partial charge in [-0.2, -0.15) is 0 Å². The molecule has 3 rings (SSSR count). The number of aromatic nitrogens is 2. The number of amides is 1. The van der Waals surface area contributed by atoms with Crippen LogP contribution in [0.25, 0.3) is 10.9 Å². The normalized spacial score (nSPS) is 18.8. The quantitative estimate of drug-likeness (QED) is 0.877. The third kappa shape index (κ3) is 2.64. The highest BCUT2D eigenvalue weighted by atomic mass is 16.2. The van der Waals surface area contributed by atoms with E-state index in [0.717, 1.165) is 5.56 Å². The Labute approximate surface area is 141 Å². The first-order valence-electron chi connectivity index (χ1n) is 8.21. The highest BCUT2D eigenvalue weighted by Gasteiger charge is 2.29. The van der Waals surface area contributed by atoms with E-state index in [1.54, 1.807) is 11.5 Å². The summed E-state index contributed by atoms with van der Waals surface area (Å²) in [5.74, 6) is 0.372. The summed E-state index contributed by atoms with van der Waals surface area (Å²) in [5.41, 5.74) is 2.01. The molecule has 1 aliphatic heterocycles. The summed E-state index contributed by atoms with van der Waals surface area (Å²) in [7, 11) is 0. The Morgan fingerprint density at radius 2 is 2.00 bits per heavy atom. The summed E-state index contributed by atoms with van der Waals surface area (Å²) < 4.78 is 1.54. The molecule has 24 heavy (non-hydrogen) atoms. The molecule has 0 bridgehead atoms. The molecule has 2 heterocycles. The summed E-state index contributed by atoms with van der Waals surface area (Å²) in [6.07, 6.45) is 1.23. The van der Waals surface area contributed by atoms with Gasteiger partial charge >= 0.3 is 0 Å². The Hall–Kier alpha value is -2.43. The van der Waals surface area contributed by atoms with Gasteiger partial charge in [-0.25, -0.2) is 4.98 Å². The SMILES string of the molecule is C=C1CC[C@@H](n2c(C)nc3cccc(C(C)(C)C)c3c2=O)C(=O)N1. The van der Waals surface area contributed by atoms with Crippen LogP contribution >= 0.6 is 0 Å². The fourth-order valence-corrected chi connectivity index (χ4v) is 3.35. The lowest BCUT2D eigenvalue weighted by Crippen LogP contribution is -2.41. The average Bonchev–Trinajstić information content (AvgIpc) is 2.47. The summed E-state index contributed by atoms with van der Waals surface area (Å²) >= 11 is 0. The van der Waals surface area contributed by atoms with E-state index in [1.807, 2.05) is 18.2 Å². The number of rotatable bonds is 1. The maximum atomic E-state index is 13.3. The molecule has 0 aliphatic carbocycles. The number of benzene rings is 1. The zero-order chi connectivity index (χ0) is 17.6. The molecule has 0 spiro atoms. The predicted molar refractivity (Wildman–Crippen MR) is 95.0 cm³/mol. The molecule has 2 aromatic rings. The molecule has 1 aromatic carbocycles. The fraction of sp³-hybridized carbons (Fsp3) is 0.421. The Kier molecular flexibility index (Phi) is 3.82. The van der Waals surface area contributed by atoms with E-state index in [9.17, 15) is 9.59 Å². The van der Waals surface area contributed by atoms with Crippen molar-refractivity contribution in [2.24, 2.45) is 0 Å². The van der Waals surface area contributed by atoms with E-state index < -0.39 is 6.04 Å². The molecule has 1 aromatic heterocycles. The van der Waals surface area contributed by atoms with Crippen molar-refractivity contribution < 1.29 is 4.79 Å². The highest BCUT2D eigenvalue weighted by Crippen LogP contribution is 2.29. The number of hydrogen-bond acceptors (Lipinski definition) is 3. The lowest BCUT2D eigenvalue weighted by atomic mass is 9.84. The molecule has 126 valence electrons. The van der Waals surface area contributed by atoms with Crippen LogP contribution in [0.5, 0.6) is 0 Å². The van der Waals surface area contributed by atoms with Gasteiger partial charge in [-0.1, -0.05) is 39.5 Å². The first-order valence-corrected chi connectivity index (χ1v) is 8.21. The highest BCUT2D eigenvalue weighted by molar-refractivity contribution is 5.85. The first-order chi connectivity index (χ1) is 11.2. The van der Waals surface area contributed by atoms with Crippen molar-refractivity contribution in [2.45, 2.75) is 52.0 Å². The van der Waals surface area contributed by atoms with Crippen LogP contribution < -0.4 is 10.9 Å². The van der Waals surface area contributed by atoms with Crippen molar-refractivity contribution in [3.63, 3.8) is 0 Å². The minimum atomic E-state index is -0.534.